The molecule has 0 spiro atoms. The number of aliphatic imine (C=N–C) groups is 2. The SMILES string of the molecule is CN=C1NC(N(C)C)=NC(COC2=CCCC=C2)N1. The topological polar surface area (TPSA) is 61.2 Å². The largest absolute Gasteiger partial charge is 0.490 e. The van der Waals surface area contributed by atoms with Gasteiger partial charge in [-0.1, -0.05) is 6.08 Å². The second-order valence-corrected chi connectivity index (χ2v) is 4.60. The Labute approximate surface area is 113 Å². The molecule has 0 aromatic rings. The Morgan fingerprint density at radius 1 is 1.47 bits per heavy atom. The van der Waals surface area contributed by atoms with Gasteiger partial charge in [0.2, 0.25) is 5.96 Å². The van der Waals surface area contributed by atoms with Crippen molar-refractivity contribution in [2.75, 3.05) is 27.7 Å². The maximum Gasteiger partial charge on any atom is 0.202 e. The zero-order valence-electron chi connectivity index (χ0n) is 11.7. The number of ether oxygens (including phenoxy) is 1. The van der Waals surface area contributed by atoms with E-state index >= 15 is 0 Å². The number of hydrogen-bond donors (Lipinski definition) is 2. The first-order valence-electron chi connectivity index (χ1n) is 6.44. The van der Waals surface area contributed by atoms with Crippen molar-refractivity contribution in [2.45, 2.75) is 19.0 Å². The first-order valence-corrected chi connectivity index (χ1v) is 6.44. The van der Waals surface area contributed by atoms with E-state index in [9.17, 15) is 0 Å². The summed E-state index contributed by atoms with van der Waals surface area (Å²) in [6.45, 7) is 0.480. The molecule has 0 saturated carbocycles. The molecule has 0 amide bonds. The molecule has 0 saturated heterocycles. The van der Waals surface area contributed by atoms with Crippen LogP contribution in [0.5, 0.6) is 0 Å². The molecule has 2 aliphatic rings. The number of nitrogens with zero attached hydrogens (tertiary/aromatic N) is 3. The maximum atomic E-state index is 5.75. The Morgan fingerprint density at radius 3 is 2.95 bits per heavy atom. The average molecular weight is 263 g/mol. The molecule has 1 atom stereocenters. The van der Waals surface area contributed by atoms with Crippen molar-refractivity contribution in [3.05, 3.63) is 24.0 Å². The molecule has 1 unspecified atom stereocenters. The van der Waals surface area contributed by atoms with Crippen LogP contribution in [-0.2, 0) is 4.74 Å². The summed E-state index contributed by atoms with van der Waals surface area (Å²) in [5, 5.41) is 6.28. The van der Waals surface area contributed by atoms with Crippen LogP contribution in [0, 0.1) is 0 Å². The minimum absolute atomic E-state index is 0.131. The first kappa shape index (κ1) is 13.5. The lowest BCUT2D eigenvalue weighted by Gasteiger charge is -2.28. The minimum Gasteiger partial charge on any atom is -0.490 e. The second-order valence-electron chi connectivity index (χ2n) is 4.60. The molecule has 6 nitrogen and oxygen atoms in total. The maximum absolute atomic E-state index is 5.75. The third-order valence-electron chi connectivity index (χ3n) is 2.83. The average Bonchev–Trinajstić information content (AvgIpc) is 2.45. The van der Waals surface area contributed by atoms with Crippen LogP contribution in [-0.4, -0.2) is 50.7 Å². The number of guanidine groups is 2. The van der Waals surface area contributed by atoms with Crippen LogP contribution in [0.25, 0.3) is 0 Å². The van der Waals surface area contributed by atoms with E-state index in [1.54, 1.807) is 7.05 Å². The Hall–Kier alpha value is -1.98. The summed E-state index contributed by atoms with van der Waals surface area (Å²) < 4.78 is 5.75. The van der Waals surface area contributed by atoms with Gasteiger partial charge >= 0.3 is 0 Å². The van der Waals surface area contributed by atoms with E-state index in [0.717, 1.165) is 24.6 Å². The van der Waals surface area contributed by atoms with Crippen molar-refractivity contribution in [1.82, 2.24) is 15.5 Å². The Balaban J connectivity index is 1.96. The van der Waals surface area contributed by atoms with Crippen LogP contribution in [0.4, 0.5) is 0 Å². The summed E-state index contributed by atoms with van der Waals surface area (Å²) in [5.41, 5.74) is 0. The van der Waals surface area contributed by atoms with E-state index in [0.29, 0.717) is 12.6 Å². The van der Waals surface area contributed by atoms with Crippen LogP contribution in [0.15, 0.2) is 34.0 Å². The van der Waals surface area contributed by atoms with Crippen molar-refractivity contribution in [1.29, 1.82) is 0 Å². The standard InChI is InChI=1S/C13H21N5O/c1-14-12-15-11(16-13(17-12)18(2)3)9-19-10-7-5-4-6-8-10/h5,7-8,11H,4,6,9H2,1-3H3,(H2,14,15,16,17). The Kier molecular flexibility index (Phi) is 4.43. The van der Waals surface area contributed by atoms with Gasteiger partial charge in [0, 0.05) is 21.1 Å². The van der Waals surface area contributed by atoms with Crippen LogP contribution in [0.1, 0.15) is 12.8 Å². The van der Waals surface area contributed by atoms with Crippen molar-refractivity contribution < 1.29 is 4.74 Å². The zero-order chi connectivity index (χ0) is 13.7. The fourth-order valence-electron chi connectivity index (χ4n) is 1.81. The molecule has 1 aliphatic carbocycles. The molecule has 0 bridgehead atoms. The highest BCUT2D eigenvalue weighted by molar-refractivity contribution is 6.00. The zero-order valence-corrected chi connectivity index (χ0v) is 11.7. The van der Waals surface area contributed by atoms with Crippen molar-refractivity contribution in [3.8, 4) is 0 Å². The van der Waals surface area contributed by atoms with Gasteiger partial charge in [-0.3, -0.25) is 10.3 Å². The highest BCUT2D eigenvalue weighted by atomic mass is 16.5. The summed E-state index contributed by atoms with van der Waals surface area (Å²) in [6.07, 6.45) is 8.24. The molecule has 0 aromatic carbocycles. The van der Waals surface area contributed by atoms with Crippen LogP contribution >= 0.6 is 0 Å². The monoisotopic (exact) mass is 263 g/mol. The van der Waals surface area contributed by atoms with Gasteiger partial charge in [-0.25, -0.2) is 4.99 Å². The van der Waals surface area contributed by atoms with E-state index in [2.05, 4.69) is 32.8 Å². The van der Waals surface area contributed by atoms with Crippen LogP contribution in [0.2, 0.25) is 0 Å². The predicted octanol–water partition coefficient (Wildman–Crippen LogP) is 0.659. The highest BCUT2D eigenvalue weighted by Crippen LogP contribution is 2.11. The molecule has 2 N–H and O–H groups in total. The summed E-state index contributed by atoms with van der Waals surface area (Å²) in [6, 6.07) is 0. The van der Waals surface area contributed by atoms with Crippen molar-refractivity contribution >= 4 is 11.9 Å². The summed E-state index contributed by atoms with van der Waals surface area (Å²) >= 11 is 0. The molecule has 1 aliphatic heterocycles. The third kappa shape index (κ3) is 3.74. The first-order chi connectivity index (χ1) is 9.19. The molecular formula is C13H21N5O. The van der Waals surface area contributed by atoms with E-state index in [-0.39, 0.29) is 6.17 Å². The molecular weight excluding hydrogens is 242 g/mol. The molecule has 19 heavy (non-hydrogen) atoms. The number of allylic oxidation sites excluding steroid dienone is 3. The van der Waals surface area contributed by atoms with Crippen molar-refractivity contribution in [2.24, 2.45) is 9.98 Å². The fourth-order valence-corrected chi connectivity index (χ4v) is 1.81. The molecule has 0 fully saturated rings. The molecule has 0 radical (unpaired) electrons. The number of rotatable bonds is 3. The number of nitrogens with one attached hydrogen (secondary N) is 2. The van der Waals surface area contributed by atoms with Crippen LogP contribution in [0.3, 0.4) is 0 Å². The lowest BCUT2D eigenvalue weighted by atomic mass is 10.2. The lowest BCUT2D eigenvalue weighted by molar-refractivity contribution is 0.195. The third-order valence-corrected chi connectivity index (χ3v) is 2.83. The fraction of sp³-hybridized carbons (Fsp3) is 0.538. The van der Waals surface area contributed by atoms with Crippen molar-refractivity contribution in [3.63, 3.8) is 0 Å². The smallest absolute Gasteiger partial charge is 0.202 e. The summed E-state index contributed by atoms with van der Waals surface area (Å²) in [7, 11) is 5.61. The van der Waals surface area contributed by atoms with Gasteiger partial charge in [0.15, 0.2) is 12.1 Å². The molecule has 0 aromatic heterocycles. The van der Waals surface area contributed by atoms with Gasteiger partial charge < -0.3 is 15.0 Å². The van der Waals surface area contributed by atoms with E-state index in [1.807, 2.05) is 25.1 Å². The predicted molar refractivity (Wildman–Crippen MR) is 76.9 cm³/mol. The molecule has 1 heterocycles. The molecule has 2 rings (SSSR count). The lowest BCUT2D eigenvalue weighted by Crippen LogP contribution is -2.55. The van der Waals surface area contributed by atoms with Gasteiger partial charge in [0.1, 0.15) is 12.4 Å². The van der Waals surface area contributed by atoms with Gasteiger partial charge in [0.25, 0.3) is 0 Å². The van der Waals surface area contributed by atoms with Gasteiger partial charge in [-0.2, -0.15) is 0 Å². The quantitative estimate of drug-likeness (QED) is 0.785. The van der Waals surface area contributed by atoms with Gasteiger partial charge in [0.05, 0.1) is 0 Å². The molecule has 104 valence electrons. The summed E-state index contributed by atoms with van der Waals surface area (Å²) in [4.78, 5) is 10.6. The molecule has 6 heteroatoms. The van der Waals surface area contributed by atoms with Gasteiger partial charge in [-0.05, 0) is 25.0 Å². The van der Waals surface area contributed by atoms with E-state index in [1.165, 1.54) is 0 Å². The number of hydrogen-bond acceptors (Lipinski definition) is 4. The highest BCUT2D eigenvalue weighted by Gasteiger charge is 2.19. The normalized spacial score (nSPS) is 24.2. The Bertz CT molecular complexity index is 436. The minimum atomic E-state index is -0.131. The van der Waals surface area contributed by atoms with Gasteiger partial charge in [-0.15, -0.1) is 0 Å². The van der Waals surface area contributed by atoms with Crippen LogP contribution < -0.4 is 10.6 Å². The summed E-state index contributed by atoms with van der Waals surface area (Å²) in [5.74, 6) is 2.41. The second kappa shape index (κ2) is 6.26. The Morgan fingerprint density at radius 2 is 2.32 bits per heavy atom. The van der Waals surface area contributed by atoms with E-state index in [4.69, 9.17) is 4.74 Å². The van der Waals surface area contributed by atoms with E-state index < -0.39 is 0 Å².